The lowest BCUT2D eigenvalue weighted by molar-refractivity contribution is 0.0729. The normalized spacial score (nSPS) is 23.1. The lowest BCUT2D eigenvalue weighted by Crippen LogP contribution is -1.88. The summed E-state index contributed by atoms with van der Waals surface area (Å²) in [4.78, 5) is 0. The van der Waals surface area contributed by atoms with Crippen LogP contribution in [0.3, 0.4) is 0 Å². The first-order chi connectivity index (χ1) is 4.47. The Balaban J connectivity index is 2.28. The quantitative estimate of drug-likeness (QED) is 0.487. The summed E-state index contributed by atoms with van der Waals surface area (Å²) >= 11 is 0. The second-order valence-electron chi connectivity index (χ2n) is 2.13. The Kier molecular flexibility index (Phi) is 0.979. The molecular weight excluding hydrogens is 116 g/mol. The van der Waals surface area contributed by atoms with E-state index in [0.717, 1.165) is 24.4 Å². The zero-order valence-corrected chi connectivity index (χ0v) is 5.09. The second-order valence-corrected chi connectivity index (χ2v) is 2.13. The number of hydrogen-bond acceptors (Lipinski definition) is 2. The Morgan fingerprint density at radius 2 is 2.33 bits per heavy atom. The highest BCUT2D eigenvalue weighted by atomic mass is 16.7. The molecule has 0 saturated carbocycles. The Hall–Kier alpha value is -0.920. The summed E-state index contributed by atoms with van der Waals surface area (Å²) in [6.07, 6.45) is 6.17. The summed E-state index contributed by atoms with van der Waals surface area (Å²) in [6.45, 7) is 0.412. The van der Waals surface area contributed by atoms with Gasteiger partial charge in [-0.3, -0.25) is 0 Å². The molecule has 2 aliphatic rings. The van der Waals surface area contributed by atoms with Crippen molar-refractivity contribution in [2.45, 2.75) is 12.8 Å². The molecule has 0 amide bonds. The van der Waals surface area contributed by atoms with E-state index in [1.165, 1.54) is 0 Å². The van der Waals surface area contributed by atoms with Crippen LogP contribution in [0.25, 0.3) is 0 Å². The summed E-state index contributed by atoms with van der Waals surface area (Å²) in [5, 5.41) is 0. The van der Waals surface area contributed by atoms with Crippen LogP contribution in [0.15, 0.2) is 23.7 Å². The maximum absolute atomic E-state index is 5.16. The standard InChI is InChI=1S/C7H8O2/c1-2-4-7-6(3-1)8-5-9-7/h1,3H,2,4-5H2. The second kappa shape index (κ2) is 1.79. The average Bonchev–Trinajstić information content (AvgIpc) is 2.33. The van der Waals surface area contributed by atoms with Gasteiger partial charge in [-0.05, 0) is 12.5 Å². The molecule has 48 valence electrons. The molecule has 1 aliphatic carbocycles. The third-order valence-corrected chi connectivity index (χ3v) is 1.53. The number of rotatable bonds is 0. The highest BCUT2D eigenvalue weighted by molar-refractivity contribution is 5.22. The van der Waals surface area contributed by atoms with Crippen LogP contribution >= 0.6 is 0 Å². The van der Waals surface area contributed by atoms with Crippen molar-refractivity contribution in [2.24, 2.45) is 0 Å². The van der Waals surface area contributed by atoms with E-state index in [9.17, 15) is 0 Å². The number of hydrogen-bond donors (Lipinski definition) is 0. The van der Waals surface area contributed by atoms with Crippen LogP contribution in [0, 0.1) is 0 Å². The van der Waals surface area contributed by atoms with Gasteiger partial charge in [-0.25, -0.2) is 0 Å². The van der Waals surface area contributed by atoms with E-state index in [4.69, 9.17) is 9.47 Å². The summed E-state index contributed by atoms with van der Waals surface area (Å²) in [6, 6.07) is 0. The van der Waals surface area contributed by atoms with Crippen molar-refractivity contribution in [1.29, 1.82) is 0 Å². The first kappa shape index (κ1) is 4.91. The number of allylic oxidation sites excluding steroid dienone is 3. The molecule has 0 radical (unpaired) electrons. The van der Waals surface area contributed by atoms with E-state index in [-0.39, 0.29) is 0 Å². The van der Waals surface area contributed by atoms with Crippen LogP contribution in [-0.2, 0) is 9.47 Å². The fraction of sp³-hybridized carbons (Fsp3) is 0.429. The molecule has 2 rings (SSSR count). The molecule has 0 aromatic carbocycles. The van der Waals surface area contributed by atoms with Gasteiger partial charge in [-0.15, -0.1) is 0 Å². The Morgan fingerprint density at radius 3 is 3.22 bits per heavy atom. The van der Waals surface area contributed by atoms with Gasteiger partial charge in [0.2, 0.25) is 6.79 Å². The van der Waals surface area contributed by atoms with E-state index >= 15 is 0 Å². The highest BCUT2D eigenvalue weighted by Gasteiger charge is 2.16. The van der Waals surface area contributed by atoms with E-state index in [0.29, 0.717) is 6.79 Å². The lowest BCUT2D eigenvalue weighted by Gasteiger charge is -2.01. The van der Waals surface area contributed by atoms with Gasteiger partial charge < -0.3 is 9.47 Å². The van der Waals surface area contributed by atoms with Gasteiger partial charge in [-0.2, -0.15) is 0 Å². The van der Waals surface area contributed by atoms with E-state index in [1.807, 2.05) is 6.08 Å². The predicted octanol–water partition coefficient (Wildman–Crippen LogP) is 1.55. The smallest absolute Gasteiger partial charge is 0.230 e. The van der Waals surface area contributed by atoms with Gasteiger partial charge in [0.1, 0.15) is 5.76 Å². The zero-order chi connectivity index (χ0) is 6.10. The summed E-state index contributed by atoms with van der Waals surface area (Å²) in [5.74, 6) is 1.96. The Labute approximate surface area is 53.8 Å². The van der Waals surface area contributed by atoms with Gasteiger partial charge in [0.25, 0.3) is 0 Å². The molecule has 1 aliphatic heterocycles. The van der Waals surface area contributed by atoms with Crippen molar-refractivity contribution < 1.29 is 9.47 Å². The molecule has 0 bridgehead atoms. The third kappa shape index (κ3) is 0.707. The van der Waals surface area contributed by atoms with Crippen molar-refractivity contribution in [3.8, 4) is 0 Å². The van der Waals surface area contributed by atoms with Gasteiger partial charge in [0.05, 0.1) is 0 Å². The van der Waals surface area contributed by atoms with E-state index in [1.54, 1.807) is 0 Å². The summed E-state index contributed by atoms with van der Waals surface area (Å²) in [7, 11) is 0. The van der Waals surface area contributed by atoms with Crippen molar-refractivity contribution in [1.82, 2.24) is 0 Å². The van der Waals surface area contributed by atoms with Crippen molar-refractivity contribution in [3.63, 3.8) is 0 Å². The maximum atomic E-state index is 5.16. The monoisotopic (exact) mass is 124 g/mol. The molecule has 0 fully saturated rings. The fourth-order valence-electron chi connectivity index (χ4n) is 1.06. The van der Waals surface area contributed by atoms with Crippen LogP contribution < -0.4 is 0 Å². The van der Waals surface area contributed by atoms with Crippen LogP contribution in [0.5, 0.6) is 0 Å². The maximum Gasteiger partial charge on any atom is 0.230 e. The van der Waals surface area contributed by atoms with Crippen molar-refractivity contribution in [3.05, 3.63) is 23.7 Å². The molecule has 9 heavy (non-hydrogen) atoms. The zero-order valence-electron chi connectivity index (χ0n) is 5.09. The largest absolute Gasteiger partial charge is 0.458 e. The van der Waals surface area contributed by atoms with Crippen molar-refractivity contribution in [2.75, 3.05) is 6.79 Å². The third-order valence-electron chi connectivity index (χ3n) is 1.53. The average molecular weight is 124 g/mol. The molecular formula is C7H8O2. The van der Waals surface area contributed by atoms with E-state index < -0.39 is 0 Å². The topological polar surface area (TPSA) is 18.5 Å². The van der Waals surface area contributed by atoms with Gasteiger partial charge in [0, 0.05) is 6.42 Å². The molecule has 1 heterocycles. The molecule has 0 unspecified atom stereocenters. The Morgan fingerprint density at radius 1 is 1.33 bits per heavy atom. The predicted molar refractivity (Wildman–Crippen MR) is 32.4 cm³/mol. The fourth-order valence-corrected chi connectivity index (χ4v) is 1.06. The van der Waals surface area contributed by atoms with Crippen LogP contribution in [-0.4, -0.2) is 6.79 Å². The molecule has 0 atom stereocenters. The molecule has 0 N–H and O–H groups in total. The first-order valence-corrected chi connectivity index (χ1v) is 3.12. The highest BCUT2D eigenvalue weighted by Crippen LogP contribution is 2.25. The summed E-state index contributed by atoms with van der Waals surface area (Å²) < 4.78 is 10.3. The van der Waals surface area contributed by atoms with Gasteiger partial charge in [-0.1, -0.05) is 6.08 Å². The van der Waals surface area contributed by atoms with Crippen LogP contribution in [0.2, 0.25) is 0 Å². The first-order valence-electron chi connectivity index (χ1n) is 3.12. The van der Waals surface area contributed by atoms with Gasteiger partial charge in [0.15, 0.2) is 5.76 Å². The minimum absolute atomic E-state index is 0.412. The minimum Gasteiger partial charge on any atom is -0.458 e. The molecule has 2 heteroatoms. The minimum atomic E-state index is 0.412. The molecule has 0 spiro atoms. The van der Waals surface area contributed by atoms with Gasteiger partial charge >= 0.3 is 0 Å². The van der Waals surface area contributed by atoms with Crippen molar-refractivity contribution >= 4 is 0 Å². The Bertz CT molecular complexity index is 179. The van der Waals surface area contributed by atoms with E-state index in [2.05, 4.69) is 6.08 Å². The van der Waals surface area contributed by atoms with Crippen LogP contribution in [0.4, 0.5) is 0 Å². The lowest BCUT2D eigenvalue weighted by atomic mass is 10.1. The molecule has 0 aromatic rings. The SMILES string of the molecule is C1=CC2=C(CC1)OCO2. The number of ether oxygens (including phenoxy) is 2. The molecule has 0 saturated heterocycles. The summed E-state index contributed by atoms with van der Waals surface area (Å²) in [5.41, 5.74) is 0. The van der Waals surface area contributed by atoms with Crippen LogP contribution in [0.1, 0.15) is 12.8 Å². The molecule has 2 nitrogen and oxygen atoms in total. The molecule has 0 aromatic heterocycles.